The van der Waals surface area contributed by atoms with Crippen molar-refractivity contribution >= 4 is 33.6 Å². The summed E-state index contributed by atoms with van der Waals surface area (Å²) in [4.78, 5) is 14.5. The fraction of sp³-hybridized carbons (Fsp3) is 0.917. The average Bonchev–Trinajstić information content (AvgIpc) is 2.80. The number of carbonyl (C=O) groups excluding carboxylic acids is 1. The molecule has 1 aliphatic carbocycles. The summed E-state index contributed by atoms with van der Waals surface area (Å²) in [5.41, 5.74) is 0. The second kappa shape index (κ2) is 5.30. The van der Waals surface area contributed by atoms with E-state index in [4.69, 9.17) is 0 Å². The first-order valence-corrected chi connectivity index (χ1v) is 8.24. The molecule has 92 valence electrons. The molecule has 0 bridgehead atoms. The molecule has 16 heavy (non-hydrogen) atoms. The van der Waals surface area contributed by atoms with E-state index in [0.717, 1.165) is 37.6 Å². The summed E-state index contributed by atoms with van der Waals surface area (Å²) in [6, 6.07) is 0. The highest BCUT2D eigenvalue weighted by atomic mass is 79.9. The van der Waals surface area contributed by atoms with Crippen LogP contribution >= 0.6 is 27.7 Å². The van der Waals surface area contributed by atoms with Gasteiger partial charge in [0.1, 0.15) is 0 Å². The zero-order chi connectivity index (χ0) is 11.6. The highest BCUT2D eigenvalue weighted by molar-refractivity contribution is 9.09. The van der Waals surface area contributed by atoms with Gasteiger partial charge in [0.05, 0.1) is 10.1 Å². The van der Waals surface area contributed by atoms with Crippen LogP contribution in [-0.4, -0.2) is 32.8 Å². The standard InChI is InChI=1S/C12H20BrNOS/c1-10-14(9-5-4-8-13)11(15)12(16-10)6-2-3-7-12/h10H,2-9H2,1H3. The highest BCUT2D eigenvalue weighted by Gasteiger charge is 2.51. The first-order valence-electron chi connectivity index (χ1n) is 6.24. The Hall–Kier alpha value is 0.300. The molecule has 0 N–H and O–H groups in total. The molecule has 1 saturated heterocycles. The molecule has 2 fully saturated rings. The van der Waals surface area contributed by atoms with Gasteiger partial charge in [-0.2, -0.15) is 0 Å². The van der Waals surface area contributed by atoms with Crippen LogP contribution < -0.4 is 0 Å². The molecular weight excluding hydrogens is 286 g/mol. The minimum absolute atomic E-state index is 0.0200. The summed E-state index contributed by atoms with van der Waals surface area (Å²) in [5.74, 6) is 0.428. The van der Waals surface area contributed by atoms with Crippen molar-refractivity contribution in [1.82, 2.24) is 4.90 Å². The van der Waals surface area contributed by atoms with E-state index in [9.17, 15) is 4.79 Å². The van der Waals surface area contributed by atoms with Gasteiger partial charge in [0, 0.05) is 11.9 Å². The third kappa shape index (κ3) is 2.28. The van der Waals surface area contributed by atoms with Gasteiger partial charge in [-0.1, -0.05) is 28.8 Å². The molecule has 0 aromatic rings. The van der Waals surface area contributed by atoms with Crippen LogP contribution in [-0.2, 0) is 4.79 Å². The quantitative estimate of drug-likeness (QED) is 0.586. The van der Waals surface area contributed by atoms with E-state index in [-0.39, 0.29) is 4.75 Å². The molecule has 0 aromatic heterocycles. The molecule has 1 aliphatic heterocycles. The molecule has 1 unspecified atom stereocenters. The van der Waals surface area contributed by atoms with Crippen molar-refractivity contribution in [2.75, 3.05) is 11.9 Å². The minimum Gasteiger partial charge on any atom is -0.330 e. The van der Waals surface area contributed by atoms with E-state index >= 15 is 0 Å². The number of nitrogens with zero attached hydrogens (tertiary/aromatic N) is 1. The summed E-state index contributed by atoms with van der Waals surface area (Å²) in [6.07, 6.45) is 6.97. The molecule has 2 nitrogen and oxygen atoms in total. The maximum absolute atomic E-state index is 12.4. The Bertz CT molecular complexity index is 266. The third-order valence-electron chi connectivity index (χ3n) is 3.68. The molecule has 0 aromatic carbocycles. The fourth-order valence-electron chi connectivity index (χ4n) is 2.81. The van der Waals surface area contributed by atoms with Crippen molar-refractivity contribution in [3.8, 4) is 0 Å². The summed E-state index contributed by atoms with van der Waals surface area (Å²) in [5, 5.41) is 1.43. The fourth-order valence-corrected chi connectivity index (χ4v) is 4.93. The molecule has 4 heteroatoms. The second-order valence-electron chi connectivity index (χ2n) is 4.81. The average molecular weight is 306 g/mol. The van der Waals surface area contributed by atoms with Gasteiger partial charge < -0.3 is 4.90 Å². The molecule has 1 atom stereocenters. The summed E-state index contributed by atoms with van der Waals surface area (Å²) in [6.45, 7) is 3.13. The van der Waals surface area contributed by atoms with Gasteiger partial charge in [-0.25, -0.2) is 0 Å². The van der Waals surface area contributed by atoms with Gasteiger partial charge >= 0.3 is 0 Å². The Morgan fingerprint density at radius 2 is 2.12 bits per heavy atom. The number of hydrogen-bond acceptors (Lipinski definition) is 2. The molecule has 1 spiro atoms. The van der Waals surface area contributed by atoms with Crippen molar-refractivity contribution in [2.45, 2.75) is 55.6 Å². The van der Waals surface area contributed by atoms with E-state index in [0.29, 0.717) is 11.3 Å². The number of thioether (sulfide) groups is 1. The number of halogens is 1. The third-order valence-corrected chi connectivity index (χ3v) is 5.87. The Morgan fingerprint density at radius 3 is 2.75 bits per heavy atom. The normalized spacial score (nSPS) is 28.2. The van der Waals surface area contributed by atoms with Crippen molar-refractivity contribution in [1.29, 1.82) is 0 Å². The van der Waals surface area contributed by atoms with Crippen LogP contribution in [0.1, 0.15) is 45.4 Å². The number of carbonyl (C=O) groups is 1. The van der Waals surface area contributed by atoms with Crippen molar-refractivity contribution in [3.05, 3.63) is 0 Å². The van der Waals surface area contributed by atoms with Gasteiger partial charge in [0.2, 0.25) is 5.91 Å². The Kier molecular flexibility index (Phi) is 4.22. The lowest BCUT2D eigenvalue weighted by molar-refractivity contribution is -0.132. The van der Waals surface area contributed by atoms with Crippen LogP contribution in [0, 0.1) is 0 Å². The Morgan fingerprint density at radius 1 is 1.44 bits per heavy atom. The van der Waals surface area contributed by atoms with Gasteiger partial charge in [-0.05, 0) is 32.6 Å². The van der Waals surface area contributed by atoms with Crippen molar-refractivity contribution in [2.24, 2.45) is 0 Å². The molecule has 1 amide bonds. The van der Waals surface area contributed by atoms with Crippen LogP contribution in [0.2, 0.25) is 0 Å². The minimum atomic E-state index is -0.0200. The van der Waals surface area contributed by atoms with Crippen LogP contribution in [0.25, 0.3) is 0 Å². The van der Waals surface area contributed by atoms with Gasteiger partial charge in [0.25, 0.3) is 0 Å². The largest absolute Gasteiger partial charge is 0.330 e. The Labute approximate surface area is 111 Å². The summed E-state index contributed by atoms with van der Waals surface area (Å²) in [7, 11) is 0. The number of rotatable bonds is 4. The Balaban J connectivity index is 1.96. The number of unbranched alkanes of at least 4 members (excludes halogenated alkanes) is 1. The van der Waals surface area contributed by atoms with E-state index in [1.165, 1.54) is 12.8 Å². The lowest BCUT2D eigenvalue weighted by atomic mass is 10.1. The number of amides is 1. The maximum atomic E-state index is 12.4. The van der Waals surface area contributed by atoms with Gasteiger partial charge in [0.15, 0.2) is 0 Å². The lowest BCUT2D eigenvalue weighted by Gasteiger charge is -2.22. The van der Waals surface area contributed by atoms with Crippen molar-refractivity contribution in [3.63, 3.8) is 0 Å². The summed E-state index contributed by atoms with van der Waals surface area (Å²) >= 11 is 5.35. The van der Waals surface area contributed by atoms with E-state index < -0.39 is 0 Å². The zero-order valence-corrected chi connectivity index (χ0v) is 12.3. The van der Waals surface area contributed by atoms with Gasteiger partial charge in [-0.3, -0.25) is 4.79 Å². The number of alkyl halides is 1. The van der Waals surface area contributed by atoms with Crippen LogP contribution in [0.3, 0.4) is 0 Å². The first-order chi connectivity index (χ1) is 7.69. The van der Waals surface area contributed by atoms with E-state index in [1.54, 1.807) is 0 Å². The molecule has 2 aliphatic rings. The topological polar surface area (TPSA) is 20.3 Å². The molecule has 2 rings (SSSR count). The van der Waals surface area contributed by atoms with Gasteiger partial charge in [-0.15, -0.1) is 11.8 Å². The van der Waals surface area contributed by atoms with E-state index in [1.807, 2.05) is 11.8 Å². The molecular formula is C12H20BrNOS. The van der Waals surface area contributed by atoms with E-state index in [2.05, 4.69) is 27.8 Å². The van der Waals surface area contributed by atoms with Crippen LogP contribution in [0.4, 0.5) is 0 Å². The van der Waals surface area contributed by atoms with Crippen LogP contribution in [0.15, 0.2) is 0 Å². The SMILES string of the molecule is CC1SC2(CCCC2)C(=O)N1CCCCBr. The van der Waals surface area contributed by atoms with Crippen molar-refractivity contribution < 1.29 is 4.79 Å². The highest BCUT2D eigenvalue weighted by Crippen LogP contribution is 2.50. The number of hydrogen-bond donors (Lipinski definition) is 0. The monoisotopic (exact) mass is 305 g/mol. The predicted octanol–water partition coefficient (Wildman–Crippen LogP) is 3.40. The molecule has 0 radical (unpaired) electrons. The summed E-state index contributed by atoms with van der Waals surface area (Å²) < 4.78 is -0.0200. The second-order valence-corrected chi connectivity index (χ2v) is 7.31. The zero-order valence-electron chi connectivity index (χ0n) is 9.88. The van der Waals surface area contributed by atoms with Crippen LogP contribution in [0.5, 0.6) is 0 Å². The smallest absolute Gasteiger partial charge is 0.239 e. The molecule has 1 heterocycles. The predicted molar refractivity (Wildman–Crippen MR) is 73.0 cm³/mol. The first kappa shape index (κ1) is 12.7. The lowest BCUT2D eigenvalue weighted by Crippen LogP contribution is -2.39. The molecule has 1 saturated carbocycles. The maximum Gasteiger partial charge on any atom is 0.239 e.